The first-order chi connectivity index (χ1) is 15.9. The molecule has 1 aliphatic rings. The minimum absolute atomic E-state index is 0.0260. The van der Waals surface area contributed by atoms with Crippen molar-refractivity contribution in [2.24, 2.45) is 0 Å². The molecule has 33 heavy (non-hydrogen) atoms. The Morgan fingerprint density at radius 1 is 0.970 bits per heavy atom. The molecule has 1 aliphatic heterocycles. The highest BCUT2D eigenvalue weighted by Gasteiger charge is 2.28. The lowest BCUT2D eigenvalue weighted by Crippen LogP contribution is -2.42. The Hall–Kier alpha value is -3.87. The van der Waals surface area contributed by atoms with Gasteiger partial charge < -0.3 is 20.4 Å². The molecular weight excluding hydrogens is 419 g/mol. The van der Waals surface area contributed by atoms with Crippen LogP contribution in [0.1, 0.15) is 17.2 Å². The predicted octanol–water partition coefficient (Wildman–Crippen LogP) is 3.75. The number of benzene rings is 3. The third-order valence-corrected chi connectivity index (χ3v) is 5.88. The summed E-state index contributed by atoms with van der Waals surface area (Å²) in [6, 6.07) is 22.0. The van der Waals surface area contributed by atoms with Crippen molar-refractivity contribution in [2.75, 3.05) is 42.3 Å². The zero-order chi connectivity index (χ0) is 23.4. The standard InChI is InChI=1S/C26H27FN4O2/c1-30(2)20-13-11-19(12-14-20)24(31-16-15-18-7-3-6-10-23(18)31)17-28-25(32)26(33)29-22-9-5-4-8-21(22)27/h3-14,24H,15-17H2,1-2H3,(H,28,32)(H,29,33)/t24-/m1/s1. The summed E-state index contributed by atoms with van der Waals surface area (Å²) in [5, 5.41) is 5.07. The molecule has 0 unspecified atom stereocenters. The maximum Gasteiger partial charge on any atom is 0.313 e. The summed E-state index contributed by atoms with van der Waals surface area (Å²) in [6.45, 7) is 1.05. The SMILES string of the molecule is CN(C)c1ccc([C@@H](CNC(=O)C(=O)Nc2ccccc2F)N2CCc3ccccc32)cc1. The van der Waals surface area contributed by atoms with Crippen LogP contribution in [0, 0.1) is 5.82 Å². The molecule has 0 spiro atoms. The first-order valence-corrected chi connectivity index (χ1v) is 10.9. The molecule has 6 nitrogen and oxygen atoms in total. The zero-order valence-electron chi connectivity index (χ0n) is 18.7. The van der Waals surface area contributed by atoms with E-state index in [1.807, 2.05) is 55.4 Å². The molecule has 3 aromatic rings. The number of rotatable bonds is 6. The largest absolute Gasteiger partial charge is 0.378 e. The van der Waals surface area contributed by atoms with E-state index in [0.717, 1.165) is 29.9 Å². The van der Waals surface area contributed by atoms with Gasteiger partial charge in [0.25, 0.3) is 0 Å². The lowest BCUT2D eigenvalue weighted by Gasteiger charge is -2.31. The molecule has 0 aromatic heterocycles. The Kier molecular flexibility index (Phi) is 6.58. The van der Waals surface area contributed by atoms with Crippen LogP contribution in [0.4, 0.5) is 21.5 Å². The summed E-state index contributed by atoms with van der Waals surface area (Å²) >= 11 is 0. The smallest absolute Gasteiger partial charge is 0.313 e. The second-order valence-electron chi connectivity index (χ2n) is 8.22. The first-order valence-electron chi connectivity index (χ1n) is 10.9. The Labute approximate surface area is 193 Å². The minimum Gasteiger partial charge on any atom is -0.378 e. The van der Waals surface area contributed by atoms with Gasteiger partial charge in [0.05, 0.1) is 11.7 Å². The van der Waals surface area contributed by atoms with Gasteiger partial charge in [0.1, 0.15) is 5.82 Å². The van der Waals surface area contributed by atoms with E-state index in [9.17, 15) is 14.0 Å². The molecule has 0 bridgehead atoms. The van der Waals surface area contributed by atoms with Gasteiger partial charge in [-0.2, -0.15) is 0 Å². The predicted molar refractivity (Wildman–Crippen MR) is 129 cm³/mol. The van der Waals surface area contributed by atoms with Crippen molar-refractivity contribution in [2.45, 2.75) is 12.5 Å². The summed E-state index contributed by atoms with van der Waals surface area (Å²) in [6.07, 6.45) is 0.921. The topological polar surface area (TPSA) is 64.7 Å². The highest BCUT2D eigenvalue weighted by molar-refractivity contribution is 6.39. The van der Waals surface area contributed by atoms with E-state index < -0.39 is 17.6 Å². The van der Waals surface area contributed by atoms with Crippen LogP contribution in [-0.4, -0.2) is 39.0 Å². The van der Waals surface area contributed by atoms with Crippen LogP contribution in [0.3, 0.4) is 0 Å². The molecule has 0 fully saturated rings. The Bertz CT molecular complexity index is 1150. The summed E-state index contributed by atoms with van der Waals surface area (Å²) in [5.41, 5.74) is 4.47. The van der Waals surface area contributed by atoms with Crippen LogP contribution in [0.2, 0.25) is 0 Å². The molecule has 1 heterocycles. The van der Waals surface area contributed by atoms with Crippen LogP contribution in [0.15, 0.2) is 72.8 Å². The van der Waals surface area contributed by atoms with E-state index in [1.165, 1.54) is 23.8 Å². The van der Waals surface area contributed by atoms with Crippen molar-refractivity contribution in [3.63, 3.8) is 0 Å². The van der Waals surface area contributed by atoms with Gasteiger partial charge in [-0.3, -0.25) is 9.59 Å². The molecule has 4 rings (SSSR count). The number of carbonyl (C=O) groups excluding carboxylic acids is 2. The molecule has 0 saturated carbocycles. The Balaban J connectivity index is 1.52. The monoisotopic (exact) mass is 446 g/mol. The van der Waals surface area contributed by atoms with Crippen LogP contribution in [-0.2, 0) is 16.0 Å². The first kappa shape index (κ1) is 22.3. The van der Waals surface area contributed by atoms with Crippen molar-refractivity contribution in [1.29, 1.82) is 0 Å². The lowest BCUT2D eigenvalue weighted by molar-refractivity contribution is -0.136. The van der Waals surface area contributed by atoms with Crippen molar-refractivity contribution >= 4 is 28.9 Å². The van der Waals surface area contributed by atoms with Gasteiger partial charge in [-0.1, -0.05) is 42.5 Å². The number of nitrogens with zero attached hydrogens (tertiary/aromatic N) is 2. The van der Waals surface area contributed by atoms with E-state index in [-0.39, 0.29) is 18.3 Å². The quantitative estimate of drug-likeness (QED) is 0.566. The summed E-state index contributed by atoms with van der Waals surface area (Å²) in [7, 11) is 3.97. The van der Waals surface area contributed by atoms with Crippen molar-refractivity contribution in [3.8, 4) is 0 Å². The zero-order valence-corrected chi connectivity index (χ0v) is 18.7. The fourth-order valence-corrected chi connectivity index (χ4v) is 4.10. The molecule has 0 aliphatic carbocycles. The van der Waals surface area contributed by atoms with E-state index in [2.05, 4.69) is 27.7 Å². The van der Waals surface area contributed by atoms with E-state index in [1.54, 1.807) is 6.07 Å². The number of fused-ring (bicyclic) bond motifs is 1. The van der Waals surface area contributed by atoms with E-state index in [0.29, 0.717) is 0 Å². The summed E-state index contributed by atoms with van der Waals surface area (Å²) in [5.74, 6) is -2.30. The van der Waals surface area contributed by atoms with Crippen molar-refractivity contribution in [1.82, 2.24) is 5.32 Å². The third kappa shape index (κ3) is 4.98. The number of para-hydroxylation sites is 2. The van der Waals surface area contributed by atoms with Gasteiger partial charge >= 0.3 is 11.8 Å². The molecule has 1 atom stereocenters. The van der Waals surface area contributed by atoms with Crippen molar-refractivity contribution < 1.29 is 14.0 Å². The van der Waals surface area contributed by atoms with Gasteiger partial charge in [-0.05, 0) is 47.9 Å². The number of carbonyl (C=O) groups is 2. The second kappa shape index (κ2) is 9.73. The molecule has 2 amide bonds. The minimum atomic E-state index is -0.899. The maximum absolute atomic E-state index is 13.8. The highest BCUT2D eigenvalue weighted by Crippen LogP contribution is 2.35. The number of amides is 2. The number of halogens is 1. The van der Waals surface area contributed by atoms with Gasteiger partial charge in [0, 0.05) is 38.6 Å². The second-order valence-corrected chi connectivity index (χ2v) is 8.22. The van der Waals surface area contributed by atoms with Crippen LogP contribution >= 0.6 is 0 Å². The van der Waals surface area contributed by atoms with Crippen LogP contribution in [0.5, 0.6) is 0 Å². The van der Waals surface area contributed by atoms with Gasteiger partial charge in [0.15, 0.2) is 0 Å². The van der Waals surface area contributed by atoms with Gasteiger partial charge in [0.2, 0.25) is 0 Å². The molecule has 3 aromatic carbocycles. The highest BCUT2D eigenvalue weighted by atomic mass is 19.1. The van der Waals surface area contributed by atoms with E-state index in [4.69, 9.17) is 0 Å². The van der Waals surface area contributed by atoms with Crippen LogP contribution in [0.25, 0.3) is 0 Å². The van der Waals surface area contributed by atoms with Gasteiger partial charge in [-0.15, -0.1) is 0 Å². The number of hydrogen-bond acceptors (Lipinski definition) is 4. The normalized spacial score (nSPS) is 13.2. The molecule has 0 radical (unpaired) electrons. The molecular formula is C26H27FN4O2. The Morgan fingerprint density at radius 2 is 1.67 bits per heavy atom. The average molecular weight is 447 g/mol. The molecule has 0 saturated heterocycles. The molecule has 7 heteroatoms. The number of hydrogen-bond donors (Lipinski definition) is 2. The third-order valence-electron chi connectivity index (χ3n) is 5.88. The number of anilines is 3. The maximum atomic E-state index is 13.8. The van der Waals surface area contributed by atoms with E-state index >= 15 is 0 Å². The lowest BCUT2D eigenvalue weighted by atomic mass is 10.0. The summed E-state index contributed by atoms with van der Waals surface area (Å²) < 4.78 is 13.8. The fourth-order valence-electron chi connectivity index (χ4n) is 4.10. The summed E-state index contributed by atoms with van der Waals surface area (Å²) in [4.78, 5) is 29.2. The molecule has 2 N–H and O–H groups in total. The molecule has 170 valence electrons. The van der Waals surface area contributed by atoms with Gasteiger partial charge in [-0.25, -0.2) is 4.39 Å². The fraction of sp³-hybridized carbons (Fsp3) is 0.231. The average Bonchev–Trinajstić information content (AvgIpc) is 3.25. The Morgan fingerprint density at radius 3 is 2.39 bits per heavy atom. The van der Waals surface area contributed by atoms with Crippen molar-refractivity contribution in [3.05, 3.63) is 89.7 Å². The number of nitrogens with one attached hydrogen (secondary N) is 2. The van der Waals surface area contributed by atoms with Crippen LogP contribution < -0.4 is 20.4 Å².